The third kappa shape index (κ3) is 5.93. The molecule has 1 fully saturated rings. The van der Waals surface area contributed by atoms with Crippen LogP contribution in [0.15, 0.2) is 66.7 Å². The molecule has 0 aromatic heterocycles. The number of rotatable bonds is 6. The Morgan fingerprint density at radius 2 is 1.56 bits per heavy atom. The number of carbonyl (C=O) groups excluding carboxylic acids is 2. The van der Waals surface area contributed by atoms with Crippen LogP contribution in [0.25, 0.3) is 11.1 Å². The van der Waals surface area contributed by atoms with Crippen LogP contribution in [0.4, 0.5) is 4.39 Å². The fourth-order valence-electron chi connectivity index (χ4n) is 4.80. The predicted molar refractivity (Wildman–Crippen MR) is 135 cm³/mol. The standard InChI is InChI=1S/C30H31FO5/c1-18(2)25-14-4-19(3)16-28(25)36-29(33)22-7-5-20(6-8-22)21-9-12-24(13-10-21)35-30(34)26-15-11-23(32)17-27(26)31/h5-13,15,17-19,25,28,32H,4,14,16H2,1-3H3. The molecule has 4 rings (SSSR count). The molecule has 0 radical (unpaired) electrons. The van der Waals surface area contributed by atoms with Gasteiger partial charge in [-0.2, -0.15) is 0 Å². The number of ether oxygens (including phenoxy) is 2. The summed E-state index contributed by atoms with van der Waals surface area (Å²) in [4.78, 5) is 25.1. The van der Waals surface area contributed by atoms with Crippen LogP contribution in [-0.4, -0.2) is 23.1 Å². The Labute approximate surface area is 210 Å². The summed E-state index contributed by atoms with van der Waals surface area (Å²) < 4.78 is 25.1. The highest BCUT2D eigenvalue weighted by molar-refractivity contribution is 5.92. The second-order valence-corrected chi connectivity index (χ2v) is 9.93. The lowest BCUT2D eigenvalue weighted by Crippen LogP contribution is -2.35. The second kappa shape index (κ2) is 10.9. The zero-order valence-corrected chi connectivity index (χ0v) is 20.7. The van der Waals surface area contributed by atoms with E-state index in [4.69, 9.17) is 9.47 Å². The normalized spacial score (nSPS) is 19.6. The van der Waals surface area contributed by atoms with Gasteiger partial charge in [-0.1, -0.05) is 51.5 Å². The van der Waals surface area contributed by atoms with Gasteiger partial charge in [0.15, 0.2) is 0 Å². The first-order chi connectivity index (χ1) is 17.2. The number of phenols is 1. The summed E-state index contributed by atoms with van der Waals surface area (Å²) in [6.07, 6.45) is 3.12. The number of phenolic OH excluding ortho intramolecular Hbond substituents is 1. The zero-order chi connectivity index (χ0) is 25.8. The maximum atomic E-state index is 13.9. The van der Waals surface area contributed by atoms with E-state index in [1.165, 1.54) is 18.6 Å². The Balaban J connectivity index is 1.39. The van der Waals surface area contributed by atoms with E-state index in [1.807, 2.05) is 12.1 Å². The molecule has 3 atom stereocenters. The van der Waals surface area contributed by atoms with Crippen molar-refractivity contribution in [1.29, 1.82) is 0 Å². The molecule has 5 nitrogen and oxygen atoms in total. The van der Waals surface area contributed by atoms with Crippen LogP contribution in [0.2, 0.25) is 0 Å². The Morgan fingerprint density at radius 3 is 2.17 bits per heavy atom. The monoisotopic (exact) mass is 490 g/mol. The van der Waals surface area contributed by atoms with Gasteiger partial charge < -0.3 is 14.6 Å². The first-order valence-corrected chi connectivity index (χ1v) is 12.3. The Kier molecular flexibility index (Phi) is 7.73. The molecule has 188 valence electrons. The van der Waals surface area contributed by atoms with E-state index in [9.17, 15) is 19.1 Å². The Hall–Kier alpha value is -3.67. The van der Waals surface area contributed by atoms with Gasteiger partial charge in [0.25, 0.3) is 0 Å². The van der Waals surface area contributed by atoms with Gasteiger partial charge in [0.1, 0.15) is 23.4 Å². The highest BCUT2D eigenvalue weighted by Crippen LogP contribution is 2.36. The molecule has 1 N–H and O–H groups in total. The Morgan fingerprint density at radius 1 is 0.917 bits per heavy atom. The highest BCUT2D eigenvalue weighted by Gasteiger charge is 2.33. The second-order valence-electron chi connectivity index (χ2n) is 9.93. The molecule has 36 heavy (non-hydrogen) atoms. The van der Waals surface area contributed by atoms with Crippen molar-refractivity contribution in [2.75, 3.05) is 0 Å². The van der Waals surface area contributed by atoms with Crippen molar-refractivity contribution in [3.05, 3.63) is 83.7 Å². The molecule has 0 aliphatic heterocycles. The molecule has 0 spiro atoms. The number of aromatic hydroxyl groups is 1. The van der Waals surface area contributed by atoms with E-state index in [0.29, 0.717) is 23.3 Å². The van der Waals surface area contributed by atoms with Crippen molar-refractivity contribution < 1.29 is 28.6 Å². The van der Waals surface area contributed by atoms with E-state index in [2.05, 4.69) is 20.8 Å². The van der Waals surface area contributed by atoms with E-state index in [1.54, 1.807) is 36.4 Å². The largest absolute Gasteiger partial charge is 0.508 e. The molecule has 0 saturated heterocycles. The first-order valence-electron chi connectivity index (χ1n) is 12.3. The van der Waals surface area contributed by atoms with Gasteiger partial charge in [0.05, 0.1) is 11.1 Å². The van der Waals surface area contributed by atoms with Gasteiger partial charge in [0.2, 0.25) is 0 Å². The third-order valence-electron chi connectivity index (χ3n) is 6.91. The molecule has 0 bridgehead atoms. The summed E-state index contributed by atoms with van der Waals surface area (Å²) in [6.45, 7) is 6.59. The molecule has 1 saturated carbocycles. The minimum absolute atomic E-state index is 0.0498. The van der Waals surface area contributed by atoms with Crippen LogP contribution >= 0.6 is 0 Å². The van der Waals surface area contributed by atoms with Gasteiger partial charge in [-0.05, 0) is 78.1 Å². The lowest BCUT2D eigenvalue weighted by molar-refractivity contribution is -0.0174. The number of carbonyl (C=O) groups is 2. The SMILES string of the molecule is CC1CCC(C(C)C)C(OC(=O)c2ccc(-c3ccc(OC(=O)c4ccc(O)cc4F)cc3)cc2)C1. The number of halogens is 1. The molecule has 0 heterocycles. The van der Waals surface area contributed by atoms with Crippen molar-refractivity contribution in [1.82, 2.24) is 0 Å². The van der Waals surface area contributed by atoms with Gasteiger partial charge in [0, 0.05) is 6.07 Å². The summed E-state index contributed by atoms with van der Waals surface area (Å²) in [6, 6.07) is 17.3. The molecule has 3 aromatic rings. The van der Waals surface area contributed by atoms with Crippen LogP contribution in [0.3, 0.4) is 0 Å². The summed E-state index contributed by atoms with van der Waals surface area (Å²) in [5.41, 5.74) is 2.01. The quantitative estimate of drug-likeness (QED) is 0.296. The van der Waals surface area contributed by atoms with E-state index in [-0.39, 0.29) is 29.1 Å². The smallest absolute Gasteiger partial charge is 0.346 e. The fourth-order valence-corrected chi connectivity index (χ4v) is 4.80. The fraction of sp³-hybridized carbons (Fsp3) is 0.333. The summed E-state index contributed by atoms with van der Waals surface area (Å²) in [7, 11) is 0. The molecule has 1 aliphatic carbocycles. The lowest BCUT2D eigenvalue weighted by Gasteiger charge is -2.36. The number of hydrogen-bond donors (Lipinski definition) is 1. The van der Waals surface area contributed by atoms with Crippen molar-refractivity contribution in [3.8, 4) is 22.6 Å². The molecular weight excluding hydrogens is 459 g/mol. The van der Waals surface area contributed by atoms with Crippen LogP contribution in [0.5, 0.6) is 11.5 Å². The number of benzene rings is 3. The van der Waals surface area contributed by atoms with E-state index in [0.717, 1.165) is 30.0 Å². The van der Waals surface area contributed by atoms with E-state index < -0.39 is 11.8 Å². The van der Waals surface area contributed by atoms with Gasteiger partial charge in [-0.15, -0.1) is 0 Å². The number of esters is 2. The lowest BCUT2D eigenvalue weighted by atomic mass is 9.75. The minimum atomic E-state index is -0.854. The summed E-state index contributed by atoms with van der Waals surface area (Å²) in [5.74, 6) is -0.586. The summed E-state index contributed by atoms with van der Waals surface area (Å²) >= 11 is 0. The van der Waals surface area contributed by atoms with Gasteiger partial charge >= 0.3 is 11.9 Å². The molecular formula is C30H31FO5. The molecule has 3 aromatic carbocycles. The predicted octanol–water partition coefficient (Wildman–Crippen LogP) is 7.04. The van der Waals surface area contributed by atoms with Crippen LogP contribution in [-0.2, 0) is 4.74 Å². The Bertz CT molecular complexity index is 1220. The van der Waals surface area contributed by atoms with E-state index >= 15 is 0 Å². The van der Waals surface area contributed by atoms with Crippen molar-refractivity contribution in [2.45, 2.75) is 46.1 Å². The average molecular weight is 491 g/mol. The van der Waals surface area contributed by atoms with Gasteiger partial charge in [-0.3, -0.25) is 0 Å². The highest BCUT2D eigenvalue weighted by atomic mass is 19.1. The van der Waals surface area contributed by atoms with Crippen LogP contribution in [0, 0.1) is 23.6 Å². The molecule has 0 amide bonds. The maximum absolute atomic E-state index is 13.9. The molecule has 3 unspecified atom stereocenters. The third-order valence-corrected chi connectivity index (χ3v) is 6.91. The van der Waals surface area contributed by atoms with Crippen molar-refractivity contribution in [2.24, 2.45) is 17.8 Å². The minimum Gasteiger partial charge on any atom is -0.508 e. The average Bonchev–Trinajstić information content (AvgIpc) is 2.84. The number of hydrogen-bond acceptors (Lipinski definition) is 5. The first kappa shape index (κ1) is 25.4. The van der Waals surface area contributed by atoms with Crippen LogP contribution < -0.4 is 4.74 Å². The van der Waals surface area contributed by atoms with Crippen molar-refractivity contribution >= 4 is 11.9 Å². The zero-order valence-electron chi connectivity index (χ0n) is 20.7. The molecule has 6 heteroatoms. The molecule has 1 aliphatic rings. The van der Waals surface area contributed by atoms with Crippen LogP contribution in [0.1, 0.15) is 60.7 Å². The van der Waals surface area contributed by atoms with Gasteiger partial charge in [-0.25, -0.2) is 14.0 Å². The van der Waals surface area contributed by atoms with Crippen molar-refractivity contribution in [3.63, 3.8) is 0 Å². The maximum Gasteiger partial charge on any atom is 0.346 e. The topological polar surface area (TPSA) is 72.8 Å². The summed E-state index contributed by atoms with van der Waals surface area (Å²) in [5, 5.41) is 9.29.